The van der Waals surface area contributed by atoms with Crippen LogP contribution in [0.2, 0.25) is 0 Å². The lowest BCUT2D eigenvalue weighted by Gasteiger charge is -2.27. The lowest BCUT2D eigenvalue weighted by molar-refractivity contribution is -0.145. The molecule has 0 bridgehead atoms. The van der Waals surface area contributed by atoms with E-state index in [1.807, 2.05) is 60.7 Å². The predicted molar refractivity (Wildman–Crippen MR) is 105 cm³/mol. The van der Waals surface area contributed by atoms with Gasteiger partial charge in [0.05, 0.1) is 0 Å². The first-order valence-corrected chi connectivity index (χ1v) is 9.75. The molecule has 3 heteroatoms. The second-order valence-electron chi connectivity index (χ2n) is 7.17. The zero-order chi connectivity index (χ0) is 18.4. The molecule has 138 valence electrons. The molecule has 26 heavy (non-hydrogen) atoms. The van der Waals surface area contributed by atoms with E-state index in [4.69, 9.17) is 4.74 Å². The number of carbonyl (C=O) groups is 1. The molecule has 1 unspecified atom stereocenters. The minimum Gasteiger partial charge on any atom is -0.460 e. The lowest BCUT2D eigenvalue weighted by atomic mass is 9.72. The maximum atomic E-state index is 13.2. The monoisotopic (exact) mass is 351 g/mol. The number of hydrogen-bond acceptors (Lipinski definition) is 3. The molecular weight excluding hydrogens is 322 g/mol. The maximum Gasteiger partial charge on any atom is 0.321 e. The molecule has 1 aliphatic rings. The van der Waals surface area contributed by atoms with Crippen LogP contribution in [-0.4, -0.2) is 36.6 Å². The van der Waals surface area contributed by atoms with Crippen molar-refractivity contribution < 1.29 is 9.53 Å². The maximum absolute atomic E-state index is 13.2. The Kier molecular flexibility index (Phi) is 6.10. The number of hydrogen-bond donors (Lipinski definition) is 0. The summed E-state index contributed by atoms with van der Waals surface area (Å²) in [6, 6.07) is 20.2. The van der Waals surface area contributed by atoms with Crippen LogP contribution in [0.4, 0.5) is 0 Å². The molecule has 2 aromatic carbocycles. The Balaban J connectivity index is 1.92. The van der Waals surface area contributed by atoms with Gasteiger partial charge in [-0.25, -0.2) is 0 Å². The summed E-state index contributed by atoms with van der Waals surface area (Å²) in [6.07, 6.45) is 2.86. The first-order valence-electron chi connectivity index (χ1n) is 9.75. The van der Waals surface area contributed by atoms with Gasteiger partial charge in [-0.1, -0.05) is 74.5 Å². The van der Waals surface area contributed by atoms with E-state index in [1.54, 1.807) is 0 Å². The zero-order valence-corrected chi connectivity index (χ0v) is 15.9. The molecule has 1 aliphatic heterocycles. The van der Waals surface area contributed by atoms with Crippen molar-refractivity contribution in [1.29, 1.82) is 0 Å². The van der Waals surface area contributed by atoms with Gasteiger partial charge in [0.15, 0.2) is 0 Å². The van der Waals surface area contributed by atoms with Gasteiger partial charge in [-0.15, -0.1) is 0 Å². The molecule has 0 aromatic heterocycles. The number of carbonyl (C=O) groups excluding carboxylic acids is 1. The van der Waals surface area contributed by atoms with Crippen molar-refractivity contribution in [3.05, 3.63) is 71.8 Å². The van der Waals surface area contributed by atoms with Gasteiger partial charge in [-0.05, 0) is 37.1 Å². The van der Waals surface area contributed by atoms with Gasteiger partial charge in [-0.2, -0.15) is 0 Å². The Morgan fingerprint density at radius 1 is 0.923 bits per heavy atom. The van der Waals surface area contributed by atoms with Crippen molar-refractivity contribution >= 4 is 5.97 Å². The first-order chi connectivity index (χ1) is 12.7. The Bertz CT molecular complexity index is 653. The van der Waals surface area contributed by atoms with Crippen LogP contribution in [0, 0.1) is 0 Å². The van der Waals surface area contributed by atoms with E-state index in [-0.39, 0.29) is 12.1 Å². The predicted octanol–water partition coefficient (Wildman–Crippen LogP) is 4.41. The van der Waals surface area contributed by atoms with Crippen LogP contribution in [0.5, 0.6) is 0 Å². The highest BCUT2D eigenvalue weighted by molar-refractivity contribution is 5.89. The Labute approximate surface area is 157 Å². The molecule has 0 radical (unpaired) electrons. The van der Waals surface area contributed by atoms with Crippen molar-refractivity contribution in [2.45, 2.75) is 44.6 Å². The van der Waals surface area contributed by atoms with Crippen molar-refractivity contribution in [3.8, 4) is 0 Å². The highest BCUT2D eigenvalue weighted by atomic mass is 16.6. The molecule has 0 amide bonds. The number of cyclic esters (lactones) is 1. The minimum atomic E-state index is -0.697. The van der Waals surface area contributed by atoms with Crippen LogP contribution < -0.4 is 0 Å². The lowest BCUT2D eigenvalue weighted by Crippen LogP contribution is -2.35. The largest absolute Gasteiger partial charge is 0.460 e. The third kappa shape index (κ3) is 3.68. The summed E-state index contributed by atoms with van der Waals surface area (Å²) in [5.41, 5.74) is 1.35. The van der Waals surface area contributed by atoms with E-state index in [0.29, 0.717) is 6.42 Å². The fourth-order valence-electron chi connectivity index (χ4n) is 4.12. The zero-order valence-electron chi connectivity index (χ0n) is 15.9. The molecule has 3 rings (SSSR count). The normalized spacial score (nSPS) is 18.9. The standard InChI is InChI=1S/C23H29NO2/c1-3-15-24(16-4-2)18-21-17-23(22(25)26-21,19-11-7-5-8-12-19)20-13-9-6-10-14-20/h5-14,21H,3-4,15-18H2,1-2H3. The molecule has 1 fully saturated rings. The number of nitrogens with zero attached hydrogens (tertiary/aromatic N) is 1. The van der Waals surface area contributed by atoms with Crippen molar-refractivity contribution in [3.63, 3.8) is 0 Å². The summed E-state index contributed by atoms with van der Waals surface area (Å²) in [5, 5.41) is 0. The Morgan fingerprint density at radius 3 is 1.88 bits per heavy atom. The van der Waals surface area contributed by atoms with E-state index in [9.17, 15) is 4.79 Å². The topological polar surface area (TPSA) is 29.5 Å². The van der Waals surface area contributed by atoms with Gasteiger partial charge in [-0.3, -0.25) is 9.69 Å². The molecule has 0 N–H and O–H groups in total. The molecule has 1 heterocycles. The van der Waals surface area contributed by atoms with Crippen LogP contribution in [0.3, 0.4) is 0 Å². The Hall–Kier alpha value is -2.13. The fourth-order valence-corrected chi connectivity index (χ4v) is 4.12. The molecule has 0 spiro atoms. The third-order valence-corrected chi connectivity index (χ3v) is 5.23. The molecule has 2 aromatic rings. The highest BCUT2D eigenvalue weighted by Gasteiger charge is 2.51. The minimum absolute atomic E-state index is 0.0685. The van der Waals surface area contributed by atoms with Gasteiger partial charge < -0.3 is 4.74 Å². The molecule has 1 atom stereocenters. The third-order valence-electron chi connectivity index (χ3n) is 5.23. The summed E-state index contributed by atoms with van der Waals surface area (Å²) >= 11 is 0. The summed E-state index contributed by atoms with van der Waals surface area (Å²) in [7, 11) is 0. The number of benzene rings is 2. The number of ether oxygens (including phenoxy) is 1. The quantitative estimate of drug-likeness (QED) is 0.660. The van der Waals surface area contributed by atoms with Crippen LogP contribution in [0.1, 0.15) is 44.2 Å². The molecule has 0 aliphatic carbocycles. The van der Waals surface area contributed by atoms with E-state index >= 15 is 0 Å². The molecule has 3 nitrogen and oxygen atoms in total. The smallest absolute Gasteiger partial charge is 0.321 e. The van der Waals surface area contributed by atoms with Crippen LogP contribution in [0.15, 0.2) is 60.7 Å². The van der Waals surface area contributed by atoms with E-state index in [0.717, 1.165) is 43.6 Å². The molecule has 0 saturated carbocycles. The average molecular weight is 351 g/mol. The van der Waals surface area contributed by atoms with Gasteiger partial charge in [0.25, 0.3) is 0 Å². The summed E-state index contributed by atoms with van der Waals surface area (Å²) in [6.45, 7) is 7.30. The van der Waals surface area contributed by atoms with Crippen molar-refractivity contribution in [2.24, 2.45) is 0 Å². The van der Waals surface area contributed by atoms with E-state index in [1.165, 1.54) is 0 Å². The fraction of sp³-hybridized carbons (Fsp3) is 0.435. The highest BCUT2D eigenvalue weighted by Crippen LogP contribution is 2.43. The van der Waals surface area contributed by atoms with Gasteiger partial charge >= 0.3 is 5.97 Å². The van der Waals surface area contributed by atoms with Gasteiger partial charge in [0, 0.05) is 13.0 Å². The summed E-state index contributed by atoms with van der Waals surface area (Å²) in [5.74, 6) is -0.118. The van der Waals surface area contributed by atoms with Gasteiger partial charge in [0.1, 0.15) is 11.5 Å². The molecule has 1 saturated heterocycles. The second-order valence-corrected chi connectivity index (χ2v) is 7.17. The second kappa shape index (κ2) is 8.50. The molecular formula is C23H29NO2. The number of rotatable bonds is 8. The van der Waals surface area contributed by atoms with E-state index in [2.05, 4.69) is 18.7 Å². The average Bonchev–Trinajstić information content (AvgIpc) is 3.00. The summed E-state index contributed by atoms with van der Waals surface area (Å²) < 4.78 is 5.93. The van der Waals surface area contributed by atoms with Crippen molar-refractivity contribution in [2.75, 3.05) is 19.6 Å². The van der Waals surface area contributed by atoms with Crippen LogP contribution in [-0.2, 0) is 14.9 Å². The Morgan fingerprint density at radius 2 is 1.42 bits per heavy atom. The first kappa shape index (κ1) is 18.7. The number of esters is 1. The van der Waals surface area contributed by atoms with Crippen LogP contribution in [0.25, 0.3) is 0 Å². The summed E-state index contributed by atoms with van der Waals surface area (Å²) in [4.78, 5) is 15.6. The van der Waals surface area contributed by atoms with Crippen LogP contribution >= 0.6 is 0 Å². The van der Waals surface area contributed by atoms with Gasteiger partial charge in [0.2, 0.25) is 0 Å². The van der Waals surface area contributed by atoms with E-state index < -0.39 is 5.41 Å². The van der Waals surface area contributed by atoms with Crippen molar-refractivity contribution in [1.82, 2.24) is 4.90 Å². The SMILES string of the molecule is CCCN(CCC)CC1CC(c2ccccc2)(c2ccccc2)C(=O)O1.